The first kappa shape index (κ1) is 16.1. The van der Waals surface area contributed by atoms with Crippen LogP contribution in [-0.4, -0.2) is 35.8 Å². The monoisotopic (exact) mass is 334 g/mol. The first-order valence-corrected chi connectivity index (χ1v) is 7.74. The van der Waals surface area contributed by atoms with Gasteiger partial charge in [-0.1, -0.05) is 11.6 Å². The van der Waals surface area contributed by atoms with E-state index in [1.165, 1.54) is 0 Å². The van der Waals surface area contributed by atoms with Crippen molar-refractivity contribution in [1.29, 1.82) is 0 Å². The van der Waals surface area contributed by atoms with Crippen molar-refractivity contribution in [2.45, 2.75) is 19.2 Å². The summed E-state index contributed by atoms with van der Waals surface area (Å²) in [4.78, 5) is 6.14. The normalized spacial score (nSPS) is 17.7. The van der Waals surface area contributed by atoms with Gasteiger partial charge in [0.1, 0.15) is 11.5 Å². The summed E-state index contributed by atoms with van der Waals surface area (Å²) < 4.78 is 10.8. The van der Waals surface area contributed by atoms with E-state index in [-0.39, 0.29) is 0 Å². The van der Waals surface area contributed by atoms with Gasteiger partial charge in [0.15, 0.2) is 0 Å². The van der Waals surface area contributed by atoms with E-state index in [1.807, 2.05) is 18.2 Å². The van der Waals surface area contributed by atoms with Crippen LogP contribution in [0.5, 0.6) is 11.5 Å². The molecule has 1 unspecified atom stereocenters. The lowest BCUT2D eigenvalue weighted by molar-refractivity contribution is 0.0843. The van der Waals surface area contributed by atoms with Crippen LogP contribution in [0.4, 0.5) is 0 Å². The van der Waals surface area contributed by atoms with Crippen molar-refractivity contribution in [3.8, 4) is 11.5 Å². The number of β-amino-alcohol motifs (C(OH)–C–C–N with tert-alkyl or cyclic N) is 1. The lowest BCUT2D eigenvalue weighted by Gasteiger charge is -2.34. The van der Waals surface area contributed by atoms with Crippen LogP contribution in [0, 0.1) is 0 Å². The summed E-state index contributed by atoms with van der Waals surface area (Å²) in [5.74, 6) is 1.44. The molecule has 2 aromatic rings. The number of nitrogens with zero attached hydrogens (tertiary/aromatic N) is 2. The SMILES string of the molecule is COc1ccc(OC)c2c1CN(Cc1ccncc1Cl)CC2O. The predicted molar refractivity (Wildman–Crippen MR) is 87.9 cm³/mol. The van der Waals surface area contributed by atoms with Crippen LogP contribution < -0.4 is 9.47 Å². The summed E-state index contributed by atoms with van der Waals surface area (Å²) in [7, 11) is 3.24. The maximum atomic E-state index is 10.6. The Morgan fingerprint density at radius 3 is 2.70 bits per heavy atom. The molecule has 0 amide bonds. The second-order valence-corrected chi connectivity index (χ2v) is 5.92. The number of rotatable bonds is 4. The van der Waals surface area contributed by atoms with Crippen LogP contribution >= 0.6 is 11.6 Å². The molecule has 0 saturated carbocycles. The van der Waals surface area contributed by atoms with Gasteiger partial charge < -0.3 is 14.6 Å². The molecule has 3 rings (SSSR count). The summed E-state index contributed by atoms with van der Waals surface area (Å²) in [6, 6.07) is 5.59. The molecule has 0 saturated heterocycles. The Balaban J connectivity index is 1.92. The summed E-state index contributed by atoms with van der Waals surface area (Å²) in [6.45, 7) is 1.80. The smallest absolute Gasteiger partial charge is 0.125 e. The van der Waals surface area contributed by atoms with Crippen LogP contribution in [-0.2, 0) is 13.1 Å². The Morgan fingerprint density at radius 1 is 1.26 bits per heavy atom. The molecule has 0 radical (unpaired) electrons. The number of ether oxygens (including phenoxy) is 2. The third-order valence-electron chi connectivity index (χ3n) is 4.11. The van der Waals surface area contributed by atoms with E-state index >= 15 is 0 Å². The number of aliphatic hydroxyl groups is 1. The fourth-order valence-electron chi connectivity index (χ4n) is 3.04. The molecule has 23 heavy (non-hydrogen) atoms. The zero-order valence-electron chi connectivity index (χ0n) is 13.1. The average molecular weight is 335 g/mol. The van der Waals surface area contributed by atoms with Gasteiger partial charge in [-0.15, -0.1) is 0 Å². The Hall–Kier alpha value is -1.82. The van der Waals surface area contributed by atoms with Gasteiger partial charge in [-0.25, -0.2) is 0 Å². The molecule has 6 heteroatoms. The van der Waals surface area contributed by atoms with Crippen molar-refractivity contribution in [1.82, 2.24) is 9.88 Å². The number of pyridine rings is 1. The number of aliphatic hydroxyl groups excluding tert-OH is 1. The maximum absolute atomic E-state index is 10.6. The van der Waals surface area contributed by atoms with E-state index in [4.69, 9.17) is 21.1 Å². The molecule has 5 nitrogen and oxygen atoms in total. The molecule has 1 atom stereocenters. The zero-order valence-corrected chi connectivity index (χ0v) is 13.9. The zero-order chi connectivity index (χ0) is 16.4. The van der Waals surface area contributed by atoms with Crippen molar-refractivity contribution < 1.29 is 14.6 Å². The summed E-state index contributed by atoms with van der Waals surface area (Å²) in [5, 5.41) is 11.2. The summed E-state index contributed by atoms with van der Waals surface area (Å²) in [6.07, 6.45) is 2.72. The Morgan fingerprint density at radius 2 is 2.00 bits per heavy atom. The van der Waals surface area contributed by atoms with Gasteiger partial charge in [0.05, 0.1) is 25.3 Å². The third kappa shape index (κ3) is 3.13. The number of halogens is 1. The van der Waals surface area contributed by atoms with E-state index < -0.39 is 6.10 Å². The lowest BCUT2D eigenvalue weighted by Crippen LogP contribution is -2.33. The number of hydrogen-bond donors (Lipinski definition) is 1. The minimum absolute atomic E-state index is 0.509. The molecule has 1 N–H and O–H groups in total. The van der Waals surface area contributed by atoms with Crippen LogP contribution in [0.3, 0.4) is 0 Å². The third-order valence-corrected chi connectivity index (χ3v) is 4.45. The van der Waals surface area contributed by atoms with Crippen molar-refractivity contribution >= 4 is 11.6 Å². The highest BCUT2D eigenvalue weighted by atomic mass is 35.5. The van der Waals surface area contributed by atoms with Gasteiger partial charge >= 0.3 is 0 Å². The second-order valence-electron chi connectivity index (χ2n) is 5.51. The molecular weight excluding hydrogens is 316 g/mol. The van der Waals surface area contributed by atoms with E-state index in [0.29, 0.717) is 30.4 Å². The highest BCUT2D eigenvalue weighted by molar-refractivity contribution is 6.31. The van der Waals surface area contributed by atoms with Crippen LogP contribution in [0.25, 0.3) is 0 Å². The Bertz CT molecular complexity index is 708. The molecule has 1 aliphatic rings. The standard InChI is InChI=1S/C17H19ClN2O3/c1-22-15-3-4-16(23-2)17-12(15)9-20(10-14(17)21)8-11-5-6-19-7-13(11)18/h3-7,14,21H,8-10H2,1-2H3. The molecule has 0 spiro atoms. The van der Waals surface area contributed by atoms with Crippen molar-refractivity contribution in [3.63, 3.8) is 0 Å². The topological polar surface area (TPSA) is 54.8 Å². The van der Waals surface area contributed by atoms with E-state index in [2.05, 4.69) is 9.88 Å². The van der Waals surface area contributed by atoms with Crippen molar-refractivity contribution in [2.75, 3.05) is 20.8 Å². The molecule has 122 valence electrons. The molecule has 0 fully saturated rings. The largest absolute Gasteiger partial charge is 0.496 e. The lowest BCUT2D eigenvalue weighted by atomic mass is 9.95. The molecule has 1 aromatic heterocycles. The molecule has 2 heterocycles. The molecule has 1 aliphatic heterocycles. The van der Waals surface area contributed by atoms with Gasteiger partial charge in [-0.05, 0) is 23.8 Å². The Kier molecular flexibility index (Phi) is 4.71. The van der Waals surface area contributed by atoms with Gasteiger partial charge in [-0.2, -0.15) is 0 Å². The molecule has 0 bridgehead atoms. The van der Waals surface area contributed by atoms with E-state index in [9.17, 15) is 5.11 Å². The fourth-order valence-corrected chi connectivity index (χ4v) is 3.22. The minimum atomic E-state index is -0.635. The number of fused-ring (bicyclic) bond motifs is 1. The molecular formula is C17H19ClN2O3. The summed E-state index contributed by atoms with van der Waals surface area (Å²) in [5.41, 5.74) is 2.75. The Labute approximate surface area is 140 Å². The highest BCUT2D eigenvalue weighted by Gasteiger charge is 2.29. The van der Waals surface area contributed by atoms with Crippen molar-refractivity contribution in [2.24, 2.45) is 0 Å². The first-order valence-electron chi connectivity index (χ1n) is 7.36. The fraction of sp³-hybridized carbons (Fsp3) is 0.353. The van der Waals surface area contributed by atoms with Gasteiger partial charge in [0.2, 0.25) is 0 Å². The number of aromatic nitrogens is 1. The summed E-state index contributed by atoms with van der Waals surface area (Å²) >= 11 is 6.19. The number of benzene rings is 1. The van der Waals surface area contributed by atoms with Gasteiger partial charge in [-0.3, -0.25) is 9.88 Å². The quantitative estimate of drug-likeness (QED) is 0.931. The van der Waals surface area contributed by atoms with Gasteiger partial charge in [0, 0.05) is 43.2 Å². The number of methoxy groups -OCH3 is 2. The first-order chi connectivity index (χ1) is 11.1. The van der Waals surface area contributed by atoms with Crippen LogP contribution in [0.2, 0.25) is 5.02 Å². The molecule has 1 aromatic carbocycles. The van der Waals surface area contributed by atoms with E-state index in [0.717, 1.165) is 22.4 Å². The average Bonchev–Trinajstić information content (AvgIpc) is 2.56. The van der Waals surface area contributed by atoms with Crippen LogP contribution in [0.1, 0.15) is 22.8 Å². The van der Waals surface area contributed by atoms with Crippen molar-refractivity contribution in [3.05, 3.63) is 52.3 Å². The van der Waals surface area contributed by atoms with E-state index in [1.54, 1.807) is 26.6 Å². The maximum Gasteiger partial charge on any atom is 0.125 e. The van der Waals surface area contributed by atoms with Gasteiger partial charge in [0.25, 0.3) is 0 Å². The van der Waals surface area contributed by atoms with Crippen LogP contribution in [0.15, 0.2) is 30.6 Å². The highest BCUT2D eigenvalue weighted by Crippen LogP contribution is 2.39. The minimum Gasteiger partial charge on any atom is -0.496 e. The molecule has 0 aliphatic carbocycles. The second kappa shape index (κ2) is 6.74. The predicted octanol–water partition coefficient (Wildman–Crippen LogP) is 2.80. The number of hydrogen-bond acceptors (Lipinski definition) is 5.